The van der Waals surface area contributed by atoms with Crippen LogP contribution in [0.3, 0.4) is 0 Å². The second kappa shape index (κ2) is 6.63. The lowest BCUT2D eigenvalue weighted by Crippen LogP contribution is -2.31. The van der Waals surface area contributed by atoms with Gasteiger partial charge in [-0.3, -0.25) is 0 Å². The average molecular weight is 309 g/mol. The summed E-state index contributed by atoms with van der Waals surface area (Å²) in [5.74, 6) is 0.936. The zero-order valence-corrected chi connectivity index (χ0v) is 13.5. The molecule has 0 N–H and O–H groups in total. The summed E-state index contributed by atoms with van der Waals surface area (Å²) >= 11 is 0. The molecule has 2 aromatic carbocycles. The van der Waals surface area contributed by atoms with Gasteiger partial charge in [-0.05, 0) is 50.6 Å². The number of furan rings is 1. The summed E-state index contributed by atoms with van der Waals surface area (Å²) in [4.78, 5) is 2.56. The highest BCUT2D eigenvalue weighted by atomic mass is 16.5. The summed E-state index contributed by atoms with van der Waals surface area (Å²) in [7, 11) is 0. The number of piperidine rings is 1. The van der Waals surface area contributed by atoms with Crippen LogP contribution >= 0.6 is 0 Å². The molecule has 0 atom stereocenters. The first kappa shape index (κ1) is 14.6. The van der Waals surface area contributed by atoms with Crippen molar-refractivity contribution in [3.05, 3.63) is 42.5 Å². The van der Waals surface area contributed by atoms with E-state index in [2.05, 4.69) is 11.0 Å². The van der Waals surface area contributed by atoms with Crippen LogP contribution in [-0.4, -0.2) is 31.1 Å². The number of nitrogens with zero attached hydrogens (tertiary/aromatic N) is 1. The van der Waals surface area contributed by atoms with Crippen molar-refractivity contribution in [2.24, 2.45) is 0 Å². The van der Waals surface area contributed by atoms with Crippen LogP contribution in [0.4, 0.5) is 0 Å². The van der Waals surface area contributed by atoms with Crippen LogP contribution in [0.5, 0.6) is 5.75 Å². The van der Waals surface area contributed by atoms with Crippen molar-refractivity contribution in [1.29, 1.82) is 0 Å². The van der Waals surface area contributed by atoms with Gasteiger partial charge in [0.15, 0.2) is 0 Å². The molecule has 0 spiro atoms. The summed E-state index contributed by atoms with van der Waals surface area (Å²) in [6.07, 6.45) is 5.16. The molecule has 0 aliphatic carbocycles. The van der Waals surface area contributed by atoms with Gasteiger partial charge in [0.2, 0.25) is 0 Å². The van der Waals surface area contributed by atoms with Gasteiger partial charge < -0.3 is 14.1 Å². The van der Waals surface area contributed by atoms with Crippen LogP contribution in [0, 0.1) is 0 Å². The minimum absolute atomic E-state index is 0.759. The Morgan fingerprint density at radius 2 is 1.74 bits per heavy atom. The van der Waals surface area contributed by atoms with Gasteiger partial charge in [0.1, 0.15) is 16.9 Å². The fraction of sp³-hybridized carbons (Fsp3) is 0.400. The van der Waals surface area contributed by atoms with Gasteiger partial charge in [0, 0.05) is 11.9 Å². The van der Waals surface area contributed by atoms with Crippen molar-refractivity contribution < 1.29 is 9.15 Å². The fourth-order valence-corrected chi connectivity index (χ4v) is 3.52. The molecule has 2 heterocycles. The van der Waals surface area contributed by atoms with E-state index in [4.69, 9.17) is 9.15 Å². The standard InChI is InChI=1S/C20H23NO2/c1-4-12-21(13-5-1)14-7-15-22-18-10-6-11-19-20(18)16-8-2-3-9-17(16)23-19/h2-3,6,8-11H,1,4-5,7,12-15H2. The van der Waals surface area contributed by atoms with Crippen molar-refractivity contribution in [1.82, 2.24) is 4.90 Å². The maximum atomic E-state index is 6.09. The average Bonchev–Trinajstić information content (AvgIpc) is 2.99. The van der Waals surface area contributed by atoms with E-state index >= 15 is 0 Å². The molecule has 120 valence electrons. The molecule has 4 rings (SSSR count). The molecule has 1 saturated heterocycles. The zero-order valence-electron chi connectivity index (χ0n) is 13.5. The Balaban J connectivity index is 1.46. The highest BCUT2D eigenvalue weighted by Crippen LogP contribution is 2.35. The Bertz CT molecular complexity index is 787. The van der Waals surface area contributed by atoms with E-state index in [1.807, 2.05) is 36.4 Å². The van der Waals surface area contributed by atoms with Crippen LogP contribution in [0.2, 0.25) is 0 Å². The quantitative estimate of drug-likeness (QED) is 0.631. The largest absolute Gasteiger partial charge is 0.493 e. The van der Waals surface area contributed by atoms with Crippen molar-refractivity contribution in [2.75, 3.05) is 26.2 Å². The van der Waals surface area contributed by atoms with Gasteiger partial charge in [-0.15, -0.1) is 0 Å². The molecule has 3 heteroatoms. The van der Waals surface area contributed by atoms with E-state index < -0.39 is 0 Å². The molecule has 0 amide bonds. The third-order valence-corrected chi connectivity index (χ3v) is 4.69. The monoisotopic (exact) mass is 309 g/mol. The first-order valence-electron chi connectivity index (χ1n) is 8.67. The first-order valence-corrected chi connectivity index (χ1v) is 8.67. The lowest BCUT2D eigenvalue weighted by atomic mass is 10.1. The number of para-hydroxylation sites is 1. The minimum Gasteiger partial charge on any atom is -0.493 e. The van der Waals surface area contributed by atoms with Crippen LogP contribution in [0.15, 0.2) is 46.9 Å². The van der Waals surface area contributed by atoms with E-state index in [1.165, 1.54) is 32.4 Å². The van der Waals surface area contributed by atoms with Gasteiger partial charge in [-0.2, -0.15) is 0 Å². The maximum Gasteiger partial charge on any atom is 0.139 e. The number of ether oxygens (including phenoxy) is 1. The molecule has 1 aromatic heterocycles. The predicted molar refractivity (Wildman–Crippen MR) is 94.1 cm³/mol. The minimum atomic E-state index is 0.759. The molecule has 0 radical (unpaired) electrons. The van der Waals surface area contributed by atoms with Gasteiger partial charge in [-0.25, -0.2) is 0 Å². The Morgan fingerprint density at radius 1 is 0.913 bits per heavy atom. The van der Waals surface area contributed by atoms with Crippen molar-refractivity contribution in [3.63, 3.8) is 0 Å². The first-order chi connectivity index (χ1) is 11.4. The SMILES string of the molecule is c1ccc2c(c1)oc1cccc(OCCCN3CCCCC3)c12. The van der Waals surface area contributed by atoms with Gasteiger partial charge in [0.25, 0.3) is 0 Å². The van der Waals surface area contributed by atoms with Gasteiger partial charge in [-0.1, -0.05) is 30.7 Å². The van der Waals surface area contributed by atoms with E-state index in [9.17, 15) is 0 Å². The number of hydrogen-bond acceptors (Lipinski definition) is 3. The van der Waals surface area contributed by atoms with Crippen LogP contribution in [0.1, 0.15) is 25.7 Å². The highest BCUT2D eigenvalue weighted by Gasteiger charge is 2.12. The normalized spacial score (nSPS) is 16.2. The number of likely N-dealkylation sites (tertiary alicyclic amines) is 1. The summed E-state index contributed by atoms with van der Waals surface area (Å²) in [6.45, 7) is 4.40. The molecule has 1 aliphatic rings. The second-order valence-corrected chi connectivity index (χ2v) is 6.33. The molecule has 23 heavy (non-hydrogen) atoms. The maximum absolute atomic E-state index is 6.09. The molecular formula is C20H23NO2. The molecule has 3 nitrogen and oxygen atoms in total. The molecule has 1 aliphatic heterocycles. The molecule has 0 bridgehead atoms. The summed E-state index contributed by atoms with van der Waals surface area (Å²) in [6, 6.07) is 14.2. The van der Waals surface area contributed by atoms with Gasteiger partial charge >= 0.3 is 0 Å². The van der Waals surface area contributed by atoms with Crippen LogP contribution in [-0.2, 0) is 0 Å². The number of rotatable bonds is 5. The summed E-state index contributed by atoms with van der Waals surface area (Å²) < 4.78 is 12.0. The molecule has 3 aromatic rings. The van der Waals surface area contributed by atoms with E-state index in [1.54, 1.807) is 0 Å². The van der Waals surface area contributed by atoms with Crippen LogP contribution in [0.25, 0.3) is 21.9 Å². The molecular weight excluding hydrogens is 286 g/mol. The highest BCUT2D eigenvalue weighted by molar-refractivity contribution is 6.08. The number of fused-ring (bicyclic) bond motifs is 3. The zero-order chi connectivity index (χ0) is 15.5. The third kappa shape index (κ3) is 3.06. The Labute approximate surface area is 136 Å². The van der Waals surface area contributed by atoms with Crippen molar-refractivity contribution in [3.8, 4) is 5.75 Å². The second-order valence-electron chi connectivity index (χ2n) is 6.33. The topological polar surface area (TPSA) is 25.6 Å². The van der Waals surface area contributed by atoms with Crippen molar-refractivity contribution in [2.45, 2.75) is 25.7 Å². The number of benzene rings is 2. The van der Waals surface area contributed by atoms with Gasteiger partial charge in [0.05, 0.1) is 12.0 Å². The number of hydrogen-bond donors (Lipinski definition) is 0. The predicted octanol–water partition coefficient (Wildman–Crippen LogP) is 4.84. The summed E-state index contributed by atoms with van der Waals surface area (Å²) in [5.41, 5.74) is 1.83. The smallest absolute Gasteiger partial charge is 0.139 e. The lowest BCUT2D eigenvalue weighted by Gasteiger charge is -2.26. The van der Waals surface area contributed by atoms with E-state index in [0.29, 0.717) is 0 Å². The van der Waals surface area contributed by atoms with E-state index in [-0.39, 0.29) is 0 Å². The van der Waals surface area contributed by atoms with Crippen LogP contribution < -0.4 is 4.74 Å². The Morgan fingerprint density at radius 3 is 2.65 bits per heavy atom. The molecule has 0 saturated carbocycles. The third-order valence-electron chi connectivity index (χ3n) is 4.69. The Hall–Kier alpha value is -2.00. The molecule has 1 fully saturated rings. The lowest BCUT2D eigenvalue weighted by molar-refractivity contribution is 0.205. The van der Waals surface area contributed by atoms with Crippen molar-refractivity contribution >= 4 is 21.9 Å². The Kier molecular flexibility index (Phi) is 4.20. The summed E-state index contributed by atoms with van der Waals surface area (Å²) in [5, 5.41) is 2.23. The molecule has 0 unspecified atom stereocenters. The van der Waals surface area contributed by atoms with E-state index in [0.717, 1.165) is 47.3 Å². The fourth-order valence-electron chi connectivity index (χ4n) is 3.52.